The van der Waals surface area contributed by atoms with Crippen molar-refractivity contribution < 1.29 is 18.0 Å². The van der Waals surface area contributed by atoms with Crippen molar-refractivity contribution in [2.75, 3.05) is 17.9 Å². The molecule has 10 heteroatoms. The first kappa shape index (κ1) is 31.1. The lowest BCUT2D eigenvalue weighted by atomic mass is 10.0. The second kappa shape index (κ2) is 13.9. The van der Waals surface area contributed by atoms with E-state index in [-0.39, 0.29) is 39.5 Å². The summed E-state index contributed by atoms with van der Waals surface area (Å²) in [7, 11) is -2.71. The highest BCUT2D eigenvalue weighted by atomic mass is 35.5. The quantitative estimate of drug-likeness (QED) is 0.226. The van der Waals surface area contributed by atoms with Crippen LogP contribution in [-0.4, -0.2) is 44.8 Å². The van der Waals surface area contributed by atoms with Crippen LogP contribution in [0.4, 0.5) is 5.69 Å². The normalized spacial score (nSPS) is 11.9. The first-order valence-electron chi connectivity index (χ1n) is 13.2. The van der Waals surface area contributed by atoms with Crippen LogP contribution in [0.1, 0.15) is 16.7 Å². The molecule has 7 nitrogen and oxygen atoms in total. The van der Waals surface area contributed by atoms with E-state index in [0.29, 0.717) is 0 Å². The Kier molecular flexibility index (Phi) is 10.3. The molecule has 0 radical (unpaired) electrons. The maximum absolute atomic E-state index is 14.3. The summed E-state index contributed by atoms with van der Waals surface area (Å²) in [5, 5.41) is 3.05. The van der Waals surface area contributed by atoms with Gasteiger partial charge in [-0.1, -0.05) is 102 Å². The highest BCUT2D eigenvalue weighted by Gasteiger charge is 2.34. The molecular weight excluding hydrogens is 593 g/mol. The molecule has 42 heavy (non-hydrogen) atoms. The summed E-state index contributed by atoms with van der Waals surface area (Å²) < 4.78 is 28.9. The Hall–Kier alpha value is -3.85. The van der Waals surface area contributed by atoms with E-state index in [1.807, 2.05) is 61.5 Å². The van der Waals surface area contributed by atoms with Crippen molar-refractivity contribution in [3.8, 4) is 0 Å². The van der Waals surface area contributed by atoms with Crippen LogP contribution in [0.15, 0.2) is 108 Å². The summed E-state index contributed by atoms with van der Waals surface area (Å²) in [5.41, 5.74) is 2.86. The molecule has 0 aromatic heterocycles. The SMILES string of the molecule is CNC(=O)[C@@H](Cc1ccccc1)N(Cc1ccc(C)cc1)C(=O)CN(c1ccc(Cl)c(Cl)c1)S(=O)(=O)c1ccccc1. The molecule has 0 aliphatic heterocycles. The molecule has 218 valence electrons. The van der Waals surface area contributed by atoms with Gasteiger partial charge in [0.2, 0.25) is 11.8 Å². The first-order valence-corrected chi connectivity index (χ1v) is 15.4. The summed E-state index contributed by atoms with van der Waals surface area (Å²) in [6, 6.07) is 28.3. The van der Waals surface area contributed by atoms with Crippen LogP contribution in [-0.2, 0) is 32.6 Å². The summed E-state index contributed by atoms with van der Waals surface area (Å²) >= 11 is 12.4. The molecule has 0 spiro atoms. The molecule has 1 atom stereocenters. The van der Waals surface area contributed by atoms with Crippen LogP contribution in [0.2, 0.25) is 10.0 Å². The molecule has 4 rings (SSSR count). The molecule has 2 amide bonds. The van der Waals surface area contributed by atoms with Crippen LogP contribution < -0.4 is 9.62 Å². The van der Waals surface area contributed by atoms with Gasteiger partial charge in [-0.3, -0.25) is 13.9 Å². The molecule has 0 bridgehead atoms. The molecule has 0 fully saturated rings. The van der Waals surface area contributed by atoms with Crippen molar-refractivity contribution in [3.63, 3.8) is 0 Å². The third-order valence-corrected chi connectivity index (χ3v) is 9.32. The number of nitrogens with zero attached hydrogens (tertiary/aromatic N) is 2. The Morgan fingerprint density at radius 1 is 0.810 bits per heavy atom. The molecule has 4 aromatic rings. The van der Waals surface area contributed by atoms with Gasteiger partial charge >= 0.3 is 0 Å². The lowest BCUT2D eigenvalue weighted by molar-refractivity contribution is -0.139. The van der Waals surface area contributed by atoms with Gasteiger partial charge in [0, 0.05) is 20.0 Å². The van der Waals surface area contributed by atoms with Crippen molar-refractivity contribution in [1.29, 1.82) is 0 Å². The van der Waals surface area contributed by atoms with E-state index in [0.717, 1.165) is 21.0 Å². The van der Waals surface area contributed by atoms with Crippen LogP contribution in [0.25, 0.3) is 0 Å². The predicted octanol–water partition coefficient (Wildman–Crippen LogP) is 5.88. The zero-order chi connectivity index (χ0) is 30.3. The molecule has 0 unspecified atom stereocenters. The van der Waals surface area contributed by atoms with Gasteiger partial charge < -0.3 is 10.2 Å². The van der Waals surface area contributed by atoms with Gasteiger partial charge in [0.05, 0.1) is 20.6 Å². The number of amides is 2. The topological polar surface area (TPSA) is 86.8 Å². The Morgan fingerprint density at radius 2 is 1.43 bits per heavy atom. The summed E-state index contributed by atoms with van der Waals surface area (Å²) in [6.07, 6.45) is 0.232. The highest BCUT2D eigenvalue weighted by molar-refractivity contribution is 7.92. The molecule has 0 aliphatic rings. The van der Waals surface area contributed by atoms with Gasteiger partial charge in [-0.05, 0) is 48.4 Å². The molecule has 0 heterocycles. The van der Waals surface area contributed by atoms with Gasteiger partial charge in [-0.2, -0.15) is 0 Å². The monoisotopic (exact) mass is 623 g/mol. The number of anilines is 1. The highest BCUT2D eigenvalue weighted by Crippen LogP contribution is 2.31. The van der Waals surface area contributed by atoms with Crippen molar-refractivity contribution in [1.82, 2.24) is 10.2 Å². The minimum Gasteiger partial charge on any atom is -0.357 e. The van der Waals surface area contributed by atoms with Crippen LogP contribution in [0, 0.1) is 6.92 Å². The minimum atomic E-state index is -4.22. The van der Waals surface area contributed by atoms with E-state index < -0.39 is 28.5 Å². The Bertz CT molecular complexity index is 1630. The zero-order valence-corrected chi connectivity index (χ0v) is 25.5. The van der Waals surface area contributed by atoms with Gasteiger partial charge in [-0.25, -0.2) is 8.42 Å². The van der Waals surface area contributed by atoms with Crippen molar-refractivity contribution >= 4 is 50.7 Å². The standard InChI is InChI=1S/C32H31Cl2N3O4S/c1-23-13-15-25(16-14-23)21-36(30(32(39)35-2)19-24-9-5-3-6-10-24)31(38)22-37(26-17-18-28(33)29(34)20-26)42(40,41)27-11-7-4-8-12-27/h3-18,20,30H,19,21-22H2,1-2H3,(H,35,39)/t30-/m1/s1. The Morgan fingerprint density at radius 3 is 2.02 bits per heavy atom. The minimum absolute atomic E-state index is 0.00101. The molecule has 4 aromatic carbocycles. The van der Waals surface area contributed by atoms with Crippen LogP contribution in [0.3, 0.4) is 0 Å². The van der Waals surface area contributed by atoms with Gasteiger partial charge in [-0.15, -0.1) is 0 Å². The largest absolute Gasteiger partial charge is 0.357 e. The summed E-state index contributed by atoms with van der Waals surface area (Å²) in [6.45, 7) is 1.47. The number of halogens is 2. The molecule has 1 N–H and O–H groups in total. The predicted molar refractivity (Wildman–Crippen MR) is 167 cm³/mol. The van der Waals surface area contributed by atoms with E-state index in [1.54, 1.807) is 18.2 Å². The number of sulfonamides is 1. The number of likely N-dealkylation sites (N-methyl/N-ethyl adjacent to an activating group) is 1. The number of aryl methyl sites for hydroxylation is 1. The number of rotatable bonds is 11. The molecular formula is C32H31Cl2N3O4S. The van der Waals surface area contributed by atoms with Crippen LogP contribution >= 0.6 is 23.2 Å². The average Bonchev–Trinajstić information content (AvgIpc) is 3.00. The van der Waals surface area contributed by atoms with Crippen molar-refractivity contribution in [3.05, 3.63) is 130 Å². The fraction of sp³-hybridized carbons (Fsp3) is 0.188. The number of carbonyl (C=O) groups is 2. The smallest absolute Gasteiger partial charge is 0.264 e. The van der Waals surface area contributed by atoms with E-state index in [4.69, 9.17) is 23.2 Å². The van der Waals surface area contributed by atoms with Gasteiger partial charge in [0.25, 0.3) is 10.0 Å². The Balaban J connectivity index is 1.79. The molecule has 0 saturated carbocycles. The summed E-state index contributed by atoms with van der Waals surface area (Å²) in [5.74, 6) is -0.933. The zero-order valence-electron chi connectivity index (χ0n) is 23.2. The van der Waals surface area contributed by atoms with Crippen LogP contribution in [0.5, 0.6) is 0 Å². The lowest BCUT2D eigenvalue weighted by Crippen LogP contribution is -2.53. The van der Waals surface area contributed by atoms with Crippen molar-refractivity contribution in [2.24, 2.45) is 0 Å². The third-order valence-electron chi connectivity index (χ3n) is 6.79. The number of hydrogen-bond donors (Lipinski definition) is 1. The fourth-order valence-electron chi connectivity index (χ4n) is 4.50. The average molecular weight is 625 g/mol. The molecule has 0 aliphatic carbocycles. The number of benzene rings is 4. The number of nitrogens with one attached hydrogen (secondary N) is 1. The Labute approximate surface area is 256 Å². The van der Waals surface area contributed by atoms with E-state index in [9.17, 15) is 18.0 Å². The lowest BCUT2D eigenvalue weighted by Gasteiger charge is -2.33. The first-order chi connectivity index (χ1) is 20.1. The third kappa shape index (κ3) is 7.50. The second-order valence-corrected chi connectivity index (χ2v) is 12.4. The fourth-order valence-corrected chi connectivity index (χ4v) is 6.22. The number of carbonyl (C=O) groups excluding carboxylic acids is 2. The maximum Gasteiger partial charge on any atom is 0.264 e. The van der Waals surface area contributed by atoms with E-state index in [2.05, 4.69) is 5.32 Å². The number of hydrogen-bond acceptors (Lipinski definition) is 4. The van der Waals surface area contributed by atoms with Gasteiger partial charge in [0.1, 0.15) is 12.6 Å². The second-order valence-electron chi connectivity index (χ2n) is 9.75. The maximum atomic E-state index is 14.3. The van der Waals surface area contributed by atoms with Gasteiger partial charge in [0.15, 0.2) is 0 Å². The summed E-state index contributed by atoms with van der Waals surface area (Å²) in [4.78, 5) is 29.0. The van der Waals surface area contributed by atoms with E-state index >= 15 is 0 Å². The van der Waals surface area contributed by atoms with Crippen molar-refractivity contribution in [2.45, 2.75) is 30.8 Å². The van der Waals surface area contributed by atoms with E-state index in [1.165, 1.54) is 42.3 Å². The molecule has 0 saturated heterocycles.